The van der Waals surface area contributed by atoms with Crippen molar-refractivity contribution in [1.29, 1.82) is 0 Å². The molecule has 1 aromatic rings. The SMILES string of the molecule is Cl.O=C(O)C1CCCN(Cc2ccc(Cl)cc2)C1. The van der Waals surface area contributed by atoms with E-state index < -0.39 is 5.97 Å². The summed E-state index contributed by atoms with van der Waals surface area (Å²) in [6.45, 7) is 2.44. The van der Waals surface area contributed by atoms with Gasteiger partial charge in [-0.1, -0.05) is 23.7 Å². The highest BCUT2D eigenvalue weighted by atomic mass is 35.5. The lowest BCUT2D eigenvalue weighted by atomic mass is 9.98. The minimum absolute atomic E-state index is 0. The Morgan fingerprint density at radius 2 is 2.06 bits per heavy atom. The minimum atomic E-state index is -0.675. The second-order valence-corrected chi connectivity index (χ2v) is 4.98. The molecule has 1 N–H and O–H groups in total. The number of hydrogen-bond acceptors (Lipinski definition) is 2. The Balaban J connectivity index is 0.00000162. The van der Waals surface area contributed by atoms with Crippen LogP contribution in [0.15, 0.2) is 24.3 Å². The molecule has 1 aromatic carbocycles. The number of likely N-dealkylation sites (tertiary alicyclic amines) is 1. The molecule has 3 nitrogen and oxygen atoms in total. The van der Waals surface area contributed by atoms with Gasteiger partial charge >= 0.3 is 5.97 Å². The highest BCUT2D eigenvalue weighted by Crippen LogP contribution is 2.19. The number of rotatable bonds is 3. The first kappa shape index (κ1) is 15.3. The Kier molecular flexibility index (Phi) is 5.93. The van der Waals surface area contributed by atoms with Crippen LogP contribution in [0.3, 0.4) is 0 Å². The molecule has 100 valence electrons. The third-order valence-corrected chi connectivity index (χ3v) is 3.43. The molecule has 0 aliphatic carbocycles. The van der Waals surface area contributed by atoms with E-state index in [0.717, 1.165) is 31.0 Å². The average molecular weight is 290 g/mol. The molecule has 1 fully saturated rings. The van der Waals surface area contributed by atoms with Gasteiger partial charge in [0.05, 0.1) is 5.92 Å². The zero-order valence-electron chi connectivity index (χ0n) is 10.0. The van der Waals surface area contributed by atoms with Crippen LogP contribution < -0.4 is 0 Å². The Bertz CT molecular complexity index is 394. The van der Waals surface area contributed by atoms with Crippen LogP contribution in [-0.2, 0) is 11.3 Å². The maximum atomic E-state index is 11.0. The van der Waals surface area contributed by atoms with Crippen LogP contribution in [0.5, 0.6) is 0 Å². The van der Waals surface area contributed by atoms with Crippen molar-refractivity contribution in [3.63, 3.8) is 0 Å². The molecule has 5 heteroatoms. The number of carbonyl (C=O) groups is 1. The topological polar surface area (TPSA) is 40.5 Å². The largest absolute Gasteiger partial charge is 0.481 e. The van der Waals surface area contributed by atoms with Gasteiger partial charge < -0.3 is 5.11 Å². The van der Waals surface area contributed by atoms with Gasteiger partial charge in [0.15, 0.2) is 0 Å². The molecule has 18 heavy (non-hydrogen) atoms. The molecule has 0 spiro atoms. The molecule has 0 bridgehead atoms. The predicted molar refractivity (Wildman–Crippen MR) is 74.3 cm³/mol. The molecule has 0 radical (unpaired) electrons. The van der Waals surface area contributed by atoms with Crippen LogP contribution in [-0.4, -0.2) is 29.1 Å². The highest BCUT2D eigenvalue weighted by Gasteiger charge is 2.25. The number of carboxylic acid groups (broad SMARTS) is 1. The Labute approximate surface area is 118 Å². The highest BCUT2D eigenvalue weighted by molar-refractivity contribution is 6.30. The first-order chi connectivity index (χ1) is 8.15. The van der Waals surface area contributed by atoms with E-state index >= 15 is 0 Å². The van der Waals surface area contributed by atoms with Gasteiger partial charge in [0.1, 0.15) is 0 Å². The standard InChI is InChI=1S/C13H16ClNO2.ClH/c14-12-5-3-10(4-6-12)8-15-7-1-2-11(9-15)13(16)17;/h3-6,11H,1-2,7-9H2,(H,16,17);1H. The number of carboxylic acids is 1. The van der Waals surface area contributed by atoms with Crippen molar-refractivity contribution >= 4 is 30.0 Å². The zero-order valence-corrected chi connectivity index (χ0v) is 11.6. The summed E-state index contributed by atoms with van der Waals surface area (Å²) in [6, 6.07) is 7.73. The number of nitrogens with zero attached hydrogens (tertiary/aromatic N) is 1. The molecule has 0 amide bonds. The van der Waals surface area contributed by atoms with Gasteiger partial charge in [-0.2, -0.15) is 0 Å². The van der Waals surface area contributed by atoms with Crippen molar-refractivity contribution < 1.29 is 9.90 Å². The molecular formula is C13H17Cl2NO2. The summed E-state index contributed by atoms with van der Waals surface area (Å²) >= 11 is 5.83. The van der Waals surface area contributed by atoms with E-state index in [1.807, 2.05) is 24.3 Å². The first-order valence-corrected chi connectivity index (χ1v) is 6.22. The number of piperidine rings is 1. The van der Waals surface area contributed by atoms with E-state index in [0.29, 0.717) is 6.54 Å². The van der Waals surface area contributed by atoms with Crippen LogP contribution in [0.4, 0.5) is 0 Å². The van der Waals surface area contributed by atoms with Crippen LogP contribution in [0.1, 0.15) is 18.4 Å². The Morgan fingerprint density at radius 3 is 2.67 bits per heavy atom. The summed E-state index contributed by atoms with van der Waals surface area (Å²) in [5.41, 5.74) is 1.18. The lowest BCUT2D eigenvalue weighted by molar-refractivity contribution is -0.143. The molecule has 1 atom stereocenters. The summed E-state index contributed by atoms with van der Waals surface area (Å²) in [5.74, 6) is -0.887. The van der Waals surface area contributed by atoms with Crippen LogP contribution >= 0.6 is 24.0 Å². The normalized spacial score (nSPS) is 20.2. The molecule has 0 aromatic heterocycles. The van der Waals surface area contributed by atoms with Gasteiger partial charge in [-0.3, -0.25) is 9.69 Å². The van der Waals surface area contributed by atoms with E-state index in [1.165, 1.54) is 5.56 Å². The zero-order chi connectivity index (χ0) is 12.3. The third-order valence-electron chi connectivity index (χ3n) is 3.17. The third kappa shape index (κ3) is 4.16. The van der Waals surface area contributed by atoms with Gasteiger partial charge in [0.2, 0.25) is 0 Å². The summed E-state index contributed by atoms with van der Waals surface area (Å²) in [4.78, 5) is 13.2. The van der Waals surface area contributed by atoms with Gasteiger partial charge in [-0.15, -0.1) is 12.4 Å². The number of halogens is 2. The fourth-order valence-corrected chi connectivity index (χ4v) is 2.37. The van der Waals surface area contributed by atoms with Crippen molar-refractivity contribution in [2.24, 2.45) is 5.92 Å². The van der Waals surface area contributed by atoms with E-state index in [9.17, 15) is 4.79 Å². The van der Waals surface area contributed by atoms with Gasteiger partial charge in [-0.05, 0) is 37.1 Å². The lowest BCUT2D eigenvalue weighted by Crippen LogP contribution is -2.38. The van der Waals surface area contributed by atoms with Crippen molar-refractivity contribution in [1.82, 2.24) is 4.90 Å². The van der Waals surface area contributed by atoms with E-state index in [4.69, 9.17) is 16.7 Å². The summed E-state index contributed by atoms with van der Waals surface area (Å²) in [7, 11) is 0. The molecule has 1 aliphatic heterocycles. The first-order valence-electron chi connectivity index (χ1n) is 5.85. The Hall–Kier alpha value is -0.770. The second-order valence-electron chi connectivity index (χ2n) is 4.54. The fourth-order valence-electron chi connectivity index (χ4n) is 2.25. The number of aliphatic carboxylic acids is 1. The van der Waals surface area contributed by atoms with E-state index in [-0.39, 0.29) is 18.3 Å². The molecule has 1 saturated heterocycles. The van der Waals surface area contributed by atoms with Crippen LogP contribution in [0, 0.1) is 5.92 Å². The van der Waals surface area contributed by atoms with Gasteiger partial charge in [0, 0.05) is 18.1 Å². The number of benzene rings is 1. The second kappa shape index (κ2) is 6.98. The quantitative estimate of drug-likeness (QED) is 0.930. The van der Waals surface area contributed by atoms with Crippen molar-refractivity contribution in [2.45, 2.75) is 19.4 Å². The molecule has 2 rings (SSSR count). The molecule has 1 heterocycles. The molecule has 1 unspecified atom stereocenters. The summed E-state index contributed by atoms with van der Waals surface area (Å²) in [6.07, 6.45) is 1.76. The van der Waals surface area contributed by atoms with Crippen molar-refractivity contribution in [3.8, 4) is 0 Å². The van der Waals surface area contributed by atoms with Gasteiger partial charge in [0.25, 0.3) is 0 Å². The molecule has 0 saturated carbocycles. The van der Waals surface area contributed by atoms with Crippen molar-refractivity contribution in [3.05, 3.63) is 34.9 Å². The summed E-state index contributed by atoms with van der Waals surface area (Å²) < 4.78 is 0. The number of hydrogen-bond donors (Lipinski definition) is 1. The lowest BCUT2D eigenvalue weighted by Gasteiger charge is -2.30. The Morgan fingerprint density at radius 1 is 1.39 bits per heavy atom. The van der Waals surface area contributed by atoms with E-state index in [2.05, 4.69) is 4.90 Å². The average Bonchev–Trinajstić information content (AvgIpc) is 2.32. The monoisotopic (exact) mass is 289 g/mol. The molecular weight excluding hydrogens is 273 g/mol. The summed E-state index contributed by atoms with van der Waals surface area (Å²) in [5, 5.41) is 9.75. The smallest absolute Gasteiger partial charge is 0.307 e. The van der Waals surface area contributed by atoms with Crippen molar-refractivity contribution in [2.75, 3.05) is 13.1 Å². The maximum Gasteiger partial charge on any atom is 0.307 e. The van der Waals surface area contributed by atoms with Crippen LogP contribution in [0.2, 0.25) is 5.02 Å². The minimum Gasteiger partial charge on any atom is -0.481 e. The van der Waals surface area contributed by atoms with Crippen LogP contribution in [0.25, 0.3) is 0 Å². The fraction of sp³-hybridized carbons (Fsp3) is 0.462. The van der Waals surface area contributed by atoms with E-state index in [1.54, 1.807) is 0 Å². The molecule has 1 aliphatic rings. The van der Waals surface area contributed by atoms with Gasteiger partial charge in [-0.25, -0.2) is 0 Å². The maximum absolute atomic E-state index is 11.0. The predicted octanol–water partition coefficient (Wildman–Crippen LogP) is 3.06.